The lowest BCUT2D eigenvalue weighted by Gasteiger charge is -2.10. The van der Waals surface area contributed by atoms with Gasteiger partial charge < -0.3 is 9.97 Å². The van der Waals surface area contributed by atoms with Crippen LogP contribution < -0.4 is 11.1 Å². The highest BCUT2D eigenvalue weighted by Crippen LogP contribution is 2.37. The number of para-hydroxylation sites is 2. The minimum Gasteiger partial charge on any atom is -0.310 e. The predicted molar refractivity (Wildman–Crippen MR) is 128 cm³/mol. The van der Waals surface area contributed by atoms with Crippen LogP contribution in [0, 0.1) is 5.92 Å². The van der Waals surface area contributed by atoms with Crippen LogP contribution in [0.4, 0.5) is 0 Å². The van der Waals surface area contributed by atoms with Crippen molar-refractivity contribution in [3.05, 3.63) is 80.9 Å². The molecule has 1 aliphatic rings. The summed E-state index contributed by atoms with van der Waals surface area (Å²) in [4.78, 5) is 38.1. The Hall–Kier alpha value is -2.80. The molecule has 0 saturated heterocycles. The van der Waals surface area contributed by atoms with Gasteiger partial charge >= 0.3 is 0 Å². The molecule has 0 spiro atoms. The molecule has 4 aromatic rings. The summed E-state index contributed by atoms with van der Waals surface area (Å²) in [7, 11) is 0. The zero-order valence-corrected chi connectivity index (χ0v) is 19.1. The molecule has 0 amide bonds. The number of halogens is 1. The SMILES string of the molecule is CC(Br)c1nc2ccccc2c(=O)[nH]1.CC(CC1CC1)c1nc2ccccc2c(=O)[nH]1. The van der Waals surface area contributed by atoms with Crippen molar-refractivity contribution >= 4 is 37.7 Å². The minimum atomic E-state index is -0.0862. The average Bonchev–Trinajstić information content (AvgIpc) is 3.58. The fourth-order valence-electron chi connectivity index (χ4n) is 3.60. The number of aromatic amines is 2. The number of fused-ring (bicyclic) bond motifs is 2. The molecule has 1 saturated carbocycles. The van der Waals surface area contributed by atoms with Crippen molar-refractivity contribution in [2.75, 3.05) is 0 Å². The van der Waals surface area contributed by atoms with Crippen molar-refractivity contribution in [2.45, 2.75) is 43.9 Å². The predicted octanol–water partition coefficient (Wildman–Crippen LogP) is 5.21. The zero-order chi connectivity index (χ0) is 22.0. The summed E-state index contributed by atoms with van der Waals surface area (Å²) in [5, 5.41) is 1.30. The maximum atomic E-state index is 11.9. The van der Waals surface area contributed by atoms with E-state index in [9.17, 15) is 9.59 Å². The second kappa shape index (κ2) is 9.14. The monoisotopic (exact) mass is 480 g/mol. The molecule has 0 radical (unpaired) electrons. The minimum absolute atomic E-state index is 0.0201. The van der Waals surface area contributed by atoms with Gasteiger partial charge in [0.05, 0.1) is 26.6 Å². The van der Waals surface area contributed by atoms with Crippen LogP contribution in [0.15, 0.2) is 58.1 Å². The van der Waals surface area contributed by atoms with E-state index in [4.69, 9.17) is 0 Å². The maximum Gasteiger partial charge on any atom is 0.258 e. The second-order valence-corrected chi connectivity index (χ2v) is 9.51. The van der Waals surface area contributed by atoms with Crippen LogP contribution in [0.3, 0.4) is 0 Å². The maximum absolute atomic E-state index is 11.9. The van der Waals surface area contributed by atoms with Crippen LogP contribution >= 0.6 is 15.9 Å². The van der Waals surface area contributed by atoms with Crippen LogP contribution in [0.25, 0.3) is 21.8 Å². The smallest absolute Gasteiger partial charge is 0.258 e. The highest BCUT2D eigenvalue weighted by Gasteiger charge is 2.25. The van der Waals surface area contributed by atoms with Gasteiger partial charge in [-0.3, -0.25) is 9.59 Å². The van der Waals surface area contributed by atoms with Crippen LogP contribution in [0.5, 0.6) is 0 Å². The highest BCUT2D eigenvalue weighted by atomic mass is 79.9. The third-order valence-electron chi connectivity index (χ3n) is 5.49. The molecule has 2 unspecified atom stereocenters. The summed E-state index contributed by atoms with van der Waals surface area (Å²) < 4.78 is 0. The molecular weight excluding hydrogens is 456 g/mol. The molecular formula is C24H25BrN4O2. The fraction of sp³-hybridized carbons (Fsp3) is 0.333. The summed E-state index contributed by atoms with van der Waals surface area (Å²) in [6.45, 7) is 4.07. The molecule has 6 nitrogen and oxygen atoms in total. The molecule has 160 valence electrons. The fourth-order valence-corrected chi connectivity index (χ4v) is 3.81. The van der Waals surface area contributed by atoms with Crippen molar-refractivity contribution in [2.24, 2.45) is 5.92 Å². The van der Waals surface area contributed by atoms with Gasteiger partial charge in [-0.15, -0.1) is 0 Å². The lowest BCUT2D eigenvalue weighted by Crippen LogP contribution is -2.14. The third-order valence-corrected chi connectivity index (χ3v) is 5.92. The lowest BCUT2D eigenvalue weighted by atomic mass is 10.0. The van der Waals surface area contributed by atoms with E-state index in [1.807, 2.05) is 49.4 Å². The van der Waals surface area contributed by atoms with Gasteiger partial charge in [0.15, 0.2) is 0 Å². The molecule has 1 aliphatic carbocycles. The quantitative estimate of drug-likeness (QED) is 0.392. The Morgan fingerprint density at radius 2 is 1.35 bits per heavy atom. The first-order valence-corrected chi connectivity index (χ1v) is 11.5. The standard InChI is InChI=1S/C14H16N2O.C10H9BrN2O/c1-9(8-10-6-7-10)13-15-12-5-3-2-4-11(12)14(17)16-13;1-6(11)9-12-8-5-3-2-4-7(8)10(14)13-9/h2-5,9-10H,6-8H2,1H3,(H,15,16,17);2-6H,1H3,(H,12,13,14). The van der Waals surface area contributed by atoms with Gasteiger partial charge in [-0.2, -0.15) is 0 Å². The molecule has 2 aromatic carbocycles. The molecule has 0 aliphatic heterocycles. The Kier molecular flexibility index (Phi) is 6.32. The van der Waals surface area contributed by atoms with Crippen LogP contribution in [0.2, 0.25) is 0 Å². The number of nitrogens with one attached hydrogen (secondary N) is 2. The molecule has 7 heteroatoms. The molecule has 2 N–H and O–H groups in total. The Morgan fingerprint density at radius 3 is 1.87 bits per heavy atom. The number of benzene rings is 2. The lowest BCUT2D eigenvalue weighted by molar-refractivity contribution is 0.589. The summed E-state index contributed by atoms with van der Waals surface area (Å²) in [6, 6.07) is 14.8. The van der Waals surface area contributed by atoms with E-state index >= 15 is 0 Å². The first-order valence-electron chi connectivity index (χ1n) is 10.5. The topological polar surface area (TPSA) is 91.5 Å². The van der Waals surface area contributed by atoms with E-state index in [0.717, 1.165) is 29.2 Å². The normalized spacial score (nSPS) is 15.3. The van der Waals surface area contributed by atoms with Crippen molar-refractivity contribution in [3.8, 4) is 0 Å². The van der Waals surface area contributed by atoms with Crippen LogP contribution in [-0.4, -0.2) is 19.9 Å². The van der Waals surface area contributed by atoms with Gasteiger partial charge in [-0.05, 0) is 43.5 Å². The van der Waals surface area contributed by atoms with Crippen LogP contribution in [0.1, 0.15) is 55.5 Å². The highest BCUT2D eigenvalue weighted by molar-refractivity contribution is 9.09. The van der Waals surface area contributed by atoms with Crippen molar-refractivity contribution in [1.82, 2.24) is 19.9 Å². The molecule has 1 fully saturated rings. The number of H-pyrrole nitrogens is 2. The van der Waals surface area contributed by atoms with Gasteiger partial charge in [-0.25, -0.2) is 9.97 Å². The molecule has 2 aromatic heterocycles. The second-order valence-electron chi connectivity index (χ2n) is 8.13. The number of hydrogen-bond donors (Lipinski definition) is 2. The van der Waals surface area contributed by atoms with Gasteiger partial charge in [-0.1, -0.05) is 60.0 Å². The van der Waals surface area contributed by atoms with Gasteiger partial charge in [0, 0.05) is 5.92 Å². The summed E-state index contributed by atoms with van der Waals surface area (Å²) in [5.74, 6) is 2.69. The van der Waals surface area contributed by atoms with E-state index in [0.29, 0.717) is 22.5 Å². The first-order chi connectivity index (χ1) is 14.9. The summed E-state index contributed by atoms with van der Waals surface area (Å²) >= 11 is 3.37. The number of aromatic nitrogens is 4. The van der Waals surface area contributed by atoms with E-state index in [2.05, 4.69) is 42.8 Å². The summed E-state index contributed by atoms with van der Waals surface area (Å²) in [5.41, 5.74) is 1.43. The van der Waals surface area contributed by atoms with Crippen LogP contribution in [-0.2, 0) is 0 Å². The average molecular weight is 481 g/mol. The number of alkyl halides is 1. The number of nitrogens with zero attached hydrogens (tertiary/aromatic N) is 2. The Balaban J connectivity index is 0.000000152. The first kappa shape index (κ1) is 21.4. The number of rotatable bonds is 4. The Labute approximate surface area is 188 Å². The largest absolute Gasteiger partial charge is 0.310 e. The molecule has 5 rings (SSSR count). The number of hydrogen-bond acceptors (Lipinski definition) is 4. The van der Waals surface area contributed by atoms with E-state index in [-0.39, 0.29) is 15.9 Å². The summed E-state index contributed by atoms with van der Waals surface area (Å²) in [6.07, 6.45) is 3.81. The molecule has 0 bridgehead atoms. The third kappa shape index (κ3) is 5.10. The van der Waals surface area contributed by atoms with Crippen molar-refractivity contribution in [3.63, 3.8) is 0 Å². The van der Waals surface area contributed by atoms with Crippen molar-refractivity contribution in [1.29, 1.82) is 0 Å². The van der Waals surface area contributed by atoms with E-state index in [1.54, 1.807) is 6.07 Å². The van der Waals surface area contributed by atoms with Crippen molar-refractivity contribution < 1.29 is 0 Å². The van der Waals surface area contributed by atoms with E-state index < -0.39 is 0 Å². The Morgan fingerprint density at radius 1 is 0.871 bits per heavy atom. The molecule has 2 heterocycles. The molecule has 2 atom stereocenters. The van der Waals surface area contributed by atoms with Gasteiger partial charge in [0.2, 0.25) is 0 Å². The Bertz CT molecular complexity index is 1320. The van der Waals surface area contributed by atoms with Gasteiger partial charge in [0.1, 0.15) is 11.6 Å². The van der Waals surface area contributed by atoms with E-state index in [1.165, 1.54) is 12.8 Å². The van der Waals surface area contributed by atoms with Gasteiger partial charge in [0.25, 0.3) is 11.1 Å². The molecule has 31 heavy (non-hydrogen) atoms. The zero-order valence-electron chi connectivity index (χ0n) is 17.6.